The lowest BCUT2D eigenvalue weighted by Gasteiger charge is -2.37. The van der Waals surface area contributed by atoms with Crippen LogP contribution >= 0.6 is 11.6 Å². The minimum Gasteiger partial charge on any atom is -0.461 e. The first-order chi connectivity index (χ1) is 17.1. The number of nitrogens with zero attached hydrogens (tertiary/aromatic N) is 2. The van der Waals surface area contributed by atoms with Crippen molar-refractivity contribution in [2.45, 2.75) is 25.6 Å². The topological polar surface area (TPSA) is 41.9 Å². The second kappa shape index (κ2) is 8.71. The number of fused-ring (bicyclic) bond motifs is 3. The van der Waals surface area contributed by atoms with Crippen LogP contribution in [-0.4, -0.2) is 22.7 Å². The van der Waals surface area contributed by atoms with Crippen molar-refractivity contribution < 1.29 is 9.53 Å². The molecule has 0 unspecified atom stereocenters. The van der Waals surface area contributed by atoms with E-state index in [0.717, 1.165) is 28.0 Å². The molecule has 0 N–H and O–H groups in total. The number of benzene rings is 4. The third kappa shape index (κ3) is 4.00. The van der Waals surface area contributed by atoms with Crippen LogP contribution in [0.3, 0.4) is 0 Å². The first-order valence-corrected chi connectivity index (χ1v) is 12.0. The Morgan fingerprint density at radius 1 is 0.886 bits per heavy atom. The molecule has 2 heterocycles. The molecule has 0 aliphatic carbocycles. The van der Waals surface area contributed by atoms with Gasteiger partial charge in [-0.15, -0.1) is 0 Å². The first-order valence-electron chi connectivity index (χ1n) is 11.7. The van der Waals surface area contributed by atoms with Crippen LogP contribution in [0, 0.1) is 6.92 Å². The van der Waals surface area contributed by atoms with E-state index >= 15 is 0 Å². The summed E-state index contributed by atoms with van der Waals surface area (Å²) in [6, 6.07) is 31.5. The van der Waals surface area contributed by atoms with Gasteiger partial charge in [0.05, 0.1) is 11.8 Å². The van der Waals surface area contributed by atoms with Crippen LogP contribution < -0.4 is 4.74 Å². The highest BCUT2D eigenvalue weighted by atomic mass is 35.5. The minimum absolute atomic E-state index is 0.119. The molecule has 172 valence electrons. The van der Waals surface area contributed by atoms with Gasteiger partial charge in [0.25, 0.3) is 6.23 Å². The number of aryl methyl sites for hydroxylation is 1. The van der Waals surface area contributed by atoms with E-state index in [1.165, 1.54) is 5.56 Å². The van der Waals surface area contributed by atoms with Gasteiger partial charge in [0, 0.05) is 22.6 Å². The second-order valence-corrected chi connectivity index (χ2v) is 9.41. The molecule has 0 spiro atoms. The van der Waals surface area contributed by atoms with Crippen LogP contribution in [-0.2, 0) is 0 Å². The van der Waals surface area contributed by atoms with Crippen molar-refractivity contribution in [2.24, 2.45) is 5.10 Å². The van der Waals surface area contributed by atoms with E-state index in [9.17, 15) is 4.79 Å². The number of hydrogen-bond donors (Lipinski definition) is 0. The summed E-state index contributed by atoms with van der Waals surface area (Å²) in [5.41, 5.74) is 6.88. The zero-order chi connectivity index (χ0) is 23.9. The van der Waals surface area contributed by atoms with E-state index in [0.29, 0.717) is 22.8 Å². The number of carbonyl (C=O) groups is 1. The lowest BCUT2D eigenvalue weighted by molar-refractivity contribution is -0.00454. The molecule has 2 atom stereocenters. The molecule has 35 heavy (non-hydrogen) atoms. The molecule has 0 amide bonds. The van der Waals surface area contributed by atoms with Gasteiger partial charge in [-0.25, -0.2) is 5.01 Å². The average molecular weight is 479 g/mol. The maximum atomic E-state index is 13.7. The van der Waals surface area contributed by atoms with Crippen LogP contribution in [0.2, 0.25) is 5.02 Å². The molecule has 5 heteroatoms. The number of ketones is 1. The molecule has 0 aromatic heterocycles. The van der Waals surface area contributed by atoms with Crippen LogP contribution in [0.25, 0.3) is 11.1 Å². The summed E-state index contributed by atoms with van der Waals surface area (Å²) in [5.74, 6) is 0.555. The van der Waals surface area contributed by atoms with Gasteiger partial charge in [0.15, 0.2) is 0 Å². The number of Topliss-reactive ketones (excluding diaryl/α,β-unsaturated/α-hetero) is 1. The summed E-state index contributed by atoms with van der Waals surface area (Å²) >= 11 is 6.32. The third-order valence-electron chi connectivity index (χ3n) is 6.64. The Morgan fingerprint density at radius 3 is 2.31 bits per heavy atom. The predicted molar refractivity (Wildman–Crippen MR) is 139 cm³/mol. The fourth-order valence-electron chi connectivity index (χ4n) is 4.75. The summed E-state index contributed by atoms with van der Waals surface area (Å²) in [6.45, 7) is 2.06. The van der Waals surface area contributed by atoms with E-state index in [2.05, 4.69) is 43.3 Å². The largest absolute Gasteiger partial charge is 0.461 e. The summed E-state index contributed by atoms with van der Waals surface area (Å²) in [5, 5.41) is 7.34. The van der Waals surface area contributed by atoms with E-state index in [1.54, 1.807) is 11.1 Å². The Bertz CT molecular complexity index is 1430. The van der Waals surface area contributed by atoms with Crippen molar-refractivity contribution in [3.63, 3.8) is 0 Å². The Morgan fingerprint density at radius 2 is 1.57 bits per heavy atom. The van der Waals surface area contributed by atoms with Crippen LogP contribution in [0.1, 0.15) is 39.5 Å². The van der Waals surface area contributed by atoms with Crippen molar-refractivity contribution in [3.05, 3.63) is 124 Å². The Hall–Kier alpha value is -3.89. The predicted octanol–water partition coefficient (Wildman–Crippen LogP) is 7.07. The smallest absolute Gasteiger partial charge is 0.251 e. The molecule has 0 saturated heterocycles. The van der Waals surface area contributed by atoms with Crippen LogP contribution in [0.4, 0.5) is 0 Å². The van der Waals surface area contributed by atoms with Gasteiger partial charge in [-0.2, -0.15) is 5.10 Å². The molecule has 4 aromatic carbocycles. The molecule has 4 nitrogen and oxygen atoms in total. The van der Waals surface area contributed by atoms with Gasteiger partial charge in [-0.3, -0.25) is 4.79 Å². The second-order valence-electron chi connectivity index (χ2n) is 8.97. The molecule has 0 fully saturated rings. The first kappa shape index (κ1) is 21.6. The molecule has 2 aliphatic rings. The van der Waals surface area contributed by atoms with Crippen molar-refractivity contribution in [3.8, 4) is 16.9 Å². The fraction of sp³-hybridized carbons (Fsp3) is 0.133. The van der Waals surface area contributed by atoms with Crippen molar-refractivity contribution >= 4 is 23.1 Å². The number of ether oxygens (including phenoxy) is 1. The molecule has 0 radical (unpaired) electrons. The summed E-state index contributed by atoms with van der Waals surface area (Å²) in [4.78, 5) is 13.7. The van der Waals surface area contributed by atoms with Gasteiger partial charge < -0.3 is 4.74 Å². The number of hydrogen-bond acceptors (Lipinski definition) is 4. The molecule has 0 bridgehead atoms. The summed E-state index contributed by atoms with van der Waals surface area (Å²) in [6.07, 6.45) is -0.171. The molecular formula is C30H23ClN2O2. The molecular weight excluding hydrogens is 456 g/mol. The highest BCUT2D eigenvalue weighted by Crippen LogP contribution is 2.44. The summed E-state index contributed by atoms with van der Waals surface area (Å²) in [7, 11) is 0. The maximum Gasteiger partial charge on any atom is 0.251 e. The number of rotatable bonds is 4. The number of halogens is 1. The molecule has 2 aliphatic heterocycles. The van der Waals surface area contributed by atoms with Crippen LogP contribution in [0.15, 0.2) is 102 Å². The van der Waals surface area contributed by atoms with Gasteiger partial charge in [-0.05, 0) is 41.8 Å². The maximum absolute atomic E-state index is 13.7. The van der Waals surface area contributed by atoms with Gasteiger partial charge in [0.1, 0.15) is 5.75 Å². The van der Waals surface area contributed by atoms with E-state index in [-0.39, 0.29) is 11.8 Å². The minimum atomic E-state index is -0.848. The monoisotopic (exact) mass is 478 g/mol. The number of hydrazone groups is 1. The molecule has 0 saturated carbocycles. The van der Waals surface area contributed by atoms with Crippen molar-refractivity contribution in [1.29, 1.82) is 0 Å². The number of carbonyl (C=O) groups excluding carboxylic acids is 1. The highest BCUT2D eigenvalue weighted by molar-refractivity contribution is 6.30. The summed E-state index contributed by atoms with van der Waals surface area (Å²) < 4.78 is 6.25. The van der Waals surface area contributed by atoms with Gasteiger partial charge in [-0.1, -0.05) is 96.0 Å². The van der Waals surface area contributed by atoms with Crippen LogP contribution in [0.5, 0.6) is 5.75 Å². The normalized spacial score (nSPS) is 18.3. The average Bonchev–Trinajstić information content (AvgIpc) is 3.35. The quantitative estimate of drug-likeness (QED) is 0.294. The standard InChI is InChI=1S/C30H23ClN2O2/c1-19-7-9-22(10-8-19)26-18-27-25-17-24(31)15-16-28(25)35-30(33(27)32-26)29(34)23-13-11-21(12-14-23)20-5-3-2-4-6-20/h2-17,27,30H,18H2,1H3/t27-,30-/m0/s1. The lowest BCUT2D eigenvalue weighted by Crippen LogP contribution is -2.45. The van der Waals surface area contributed by atoms with Crippen molar-refractivity contribution in [1.82, 2.24) is 5.01 Å². The van der Waals surface area contributed by atoms with E-state index < -0.39 is 6.23 Å². The van der Waals surface area contributed by atoms with Gasteiger partial charge in [0.2, 0.25) is 5.78 Å². The Labute approximate surface area is 209 Å². The SMILES string of the molecule is Cc1ccc(C2=NN3[C@H](C(=O)c4ccc(-c5ccccc5)cc4)Oc4ccc(Cl)cc4[C@@H]3C2)cc1. The highest BCUT2D eigenvalue weighted by Gasteiger charge is 2.43. The molecule has 4 aromatic rings. The molecule has 6 rings (SSSR count). The van der Waals surface area contributed by atoms with Gasteiger partial charge >= 0.3 is 0 Å². The zero-order valence-electron chi connectivity index (χ0n) is 19.2. The fourth-order valence-corrected chi connectivity index (χ4v) is 4.93. The van der Waals surface area contributed by atoms with Crippen molar-refractivity contribution in [2.75, 3.05) is 0 Å². The van der Waals surface area contributed by atoms with E-state index in [4.69, 9.17) is 21.4 Å². The Balaban J connectivity index is 1.36. The van der Waals surface area contributed by atoms with E-state index in [1.807, 2.05) is 54.6 Å². The Kier molecular flexibility index (Phi) is 5.39. The zero-order valence-corrected chi connectivity index (χ0v) is 19.9. The lowest BCUT2D eigenvalue weighted by atomic mass is 9.95. The third-order valence-corrected chi connectivity index (χ3v) is 6.87.